The van der Waals surface area contributed by atoms with E-state index in [-0.39, 0.29) is 13.2 Å². The minimum Gasteiger partial charge on any atom is -0.366 e. The lowest BCUT2D eigenvalue weighted by Crippen LogP contribution is -2.11. The van der Waals surface area contributed by atoms with Crippen LogP contribution in [0.25, 0.3) is 11.3 Å². The van der Waals surface area contributed by atoms with E-state index >= 15 is 0 Å². The van der Waals surface area contributed by atoms with Crippen molar-refractivity contribution in [2.75, 3.05) is 11.9 Å². The molecule has 3 aromatic rings. The summed E-state index contributed by atoms with van der Waals surface area (Å²) in [7, 11) is 0. The average Bonchev–Trinajstić information content (AvgIpc) is 3.21. The fraction of sp³-hybridized carbons (Fsp3) is 0.360. The second-order valence-electron chi connectivity index (χ2n) is 8.03. The molecule has 3 N–H and O–H groups in total. The third-order valence-electron chi connectivity index (χ3n) is 5.78. The van der Waals surface area contributed by atoms with E-state index in [1.54, 1.807) is 12.3 Å². The zero-order chi connectivity index (χ0) is 20.9. The van der Waals surface area contributed by atoms with Crippen LogP contribution < -0.4 is 11.1 Å². The lowest BCUT2D eigenvalue weighted by atomic mass is 9.98. The lowest BCUT2D eigenvalue weighted by Gasteiger charge is -2.12. The molecule has 2 aromatic heterocycles. The topological polar surface area (TPSA) is 63.8 Å². The molecule has 0 aliphatic heterocycles. The predicted octanol–water partition coefficient (Wildman–Crippen LogP) is 6.10. The first-order chi connectivity index (χ1) is 14.6. The van der Waals surface area contributed by atoms with Crippen LogP contribution in [0.3, 0.4) is 0 Å². The first-order valence-corrected chi connectivity index (χ1v) is 10.8. The van der Waals surface area contributed by atoms with E-state index < -0.39 is 0 Å². The maximum atomic E-state index is 13.4. The minimum absolute atomic E-state index is 0. The Labute approximate surface area is 189 Å². The summed E-state index contributed by atoms with van der Waals surface area (Å²) in [6.45, 7) is 1.27. The molecule has 0 saturated heterocycles. The molecular weight excluding hydrogens is 411 g/mol. The van der Waals surface area contributed by atoms with Gasteiger partial charge in [0, 0.05) is 24.0 Å². The number of rotatable bonds is 7. The van der Waals surface area contributed by atoms with Crippen molar-refractivity contribution in [2.45, 2.75) is 39.7 Å². The van der Waals surface area contributed by atoms with E-state index in [1.165, 1.54) is 31.4 Å². The van der Waals surface area contributed by atoms with E-state index in [1.807, 2.05) is 24.3 Å². The third-order valence-corrected chi connectivity index (χ3v) is 6.08. The number of nitrogens with one attached hydrogen (secondary N) is 1. The molecule has 164 valence electrons. The molecule has 4 nitrogen and oxygen atoms in total. The SMILES string of the molecule is C.NC[C@@H]1CC[C@H](Cc2cc(-c3cccc(NCc4cccc(F)c4)n3)c(Cl)cn2)C1. The van der Waals surface area contributed by atoms with Gasteiger partial charge < -0.3 is 11.1 Å². The van der Waals surface area contributed by atoms with Crippen molar-refractivity contribution in [1.82, 2.24) is 9.97 Å². The van der Waals surface area contributed by atoms with E-state index in [2.05, 4.69) is 16.4 Å². The Morgan fingerprint density at radius 3 is 2.68 bits per heavy atom. The number of pyridine rings is 2. The third kappa shape index (κ3) is 6.02. The highest BCUT2D eigenvalue weighted by Gasteiger charge is 2.24. The number of nitrogens with zero attached hydrogens (tertiary/aromatic N) is 2. The van der Waals surface area contributed by atoms with E-state index in [4.69, 9.17) is 22.3 Å². The largest absolute Gasteiger partial charge is 0.366 e. The summed E-state index contributed by atoms with van der Waals surface area (Å²) in [6, 6.07) is 14.4. The molecule has 2 atom stereocenters. The van der Waals surface area contributed by atoms with Gasteiger partial charge in [-0.15, -0.1) is 0 Å². The van der Waals surface area contributed by atoms with Gasteiger partial charge in [0.25, 0.3) is 0 Å². The van der Waals surface area contributed by atoms with E-state index in [0.717, 1.165) is 35.5 Å². The second-order valence-corrected chi connectivity index (χ2v) is 8.44. The van der Waals surface area contributed by atoms with Crippen LogP contribution >= 0.6 is 11.6 Å². The molecule has 1 saturated carbocycles. The van der Waals surface area contributed by atoms with Gasteiger partial charge in [0.05, 0.1) is 10.7 Å². The zero-order valence-corrected chi connectivity index (χ0v) is 17.6. The predicted molar refractivity (Wildman–Crippen MR) is 127 cm³/mol. The maximum Gasteiger partial charge on any atom is 0.126 e. The molecule has 0 amide bonds. The summed E-state index contributed by atoms with van der Waals surface area (Å²) in [5.41, 5.74) is 9.40. The summed E-state index contributed by atoms with van der Waals surface area (Å²) in [6.07, 6.45) is 6.25. The van der Waals surface area contributed by atoms with Crippen molar-refractivity contribution in [1.29, 1.82) is 0 Å². The molecule has 4 rings (SSSR count). The van der Waals surface area contributed by atoms with Crippen molar-refractivity contribution in [3.05, 3.63) is 76.8 Å². The molecular formula is C25H30ClFN4. The van der Waals surface area contributed by atoms with Gasteiger partial charge in [0.15, 0.2) is 0 Å². The number of anilines is 1. The smallest absolute Gasteiger partial charge is 0.126 e. The number of aromatic nitrogens is 2. The number of hydrogen-bond donors (Lipinski definition) is 2. The van der Waals surface area contributed by atoms with Crippen LogP contribution in [0.4, 0.5) is 10.2 Å². The van der Waals surface area contributed by atoms with Gasteiger partial charge in [-0.2, -0.15) is 0 Å². The van der Waals surface area contributed by atoms with Crippen LogP contribution in [0.1, 0.15) is 37.9 Å². The average molecular weight is 441 g/mol. The Hall–Kier alpha value is -2.50. The molecule has 31 heavy (non-hydrogen) atoms. The first-order valence-electron chi connectivity index (χ1n) is 10.4. The summed E-state index contributed by atoms with van der Waals surface area (Å²) < 4.78 is 13.4. The standard InChI is InChI=1S/C24H26ClFN4.CH4/c25-22-15-28-20(11-16-7-8-17(9-16)13-27)12-21(22)23-5-2-6-24(30-23)29-14-18-3-1-4-19(26)10-18;/h1-6,10,12,15-17H,7-9,11,13-14,27H2,(H,29,30);1H4/t16-,17+;/m0./s1. The first kappa shape index (κ1) is 23.2. The van der Waals surface area contributed by atoms with Crippen LogP contribution in [0.5, 0.6) is 0 Å². The van der Waals surface area contributed by atoms with E-state index in [9.17, 15) is 4.39 Å². The fourth-order valence-electron chi connectivity index (χ4n) is 4.19. The van der Waals surface area contributed by atoms with Crippen molar-refractivity contribution in [2.24, 2.45) is 17.6 Å². The molecule has 1 aliphatic rings. The molecule has 1 fully saturated rings. The molecule has 0 radical (unpaired) electrons. The Kier molecular flexibility index (Phi) is 7.99. The van der Waals surface area contributed by atoms with Crippen LogP contribution in [0.15, 0.2) is 54.7 Å². The Morgan fingerprint density at radius 2 is 1.90 bits per heavy atom. The quantitative estimate of drug-likeness (QED) is 0.465. The van der Waals surface area contributed by atoms with Crippen molar-refractivity contribution >= 4 is 17.4 Å². The molecule has 1 aromatic carbocycles. The summed E-state index contributed by atoms with van der Waals surface area (Å²) in [4.78, 5) is 9.25. The number of nitrogens with two attached hydrogens (primary N) is 1. The van der Waals surface area contributed by atoms with Crippen LogP contribution in [0.2, 0.25) is 5.02 Å². The highest BCUT2D eigenvalue weighted by atomic mass is 35.5. The zero-order valence-electron chi connectivity index (χ0n) is 16.8. The summed E-state index contributed by atoms with van der Waals surface area (Å²) in [5, 5.41) is 3.84. The highest BCUT2D eigenvalue weighted by molar-refractivity contribution is 6.33. The summed E-state index contributed by atoms with van der Waals surface area (Å²) in [5.74, 6) is 1.75. The van der Waals surface area contributed by atoms with Gasteiger partial charge in [0.2, 0.25) is 0 Å². The van der Waals surface area contributed by atoms with Gasteiger partial charge in [-0.3, -0.25) is 4.98 Å². The second kappa shape index (κ2) is 10.7. The fourth-order valence-corrected chi connectivity index (χ4v) is 4.39. The summed E-state index contributed by atoms with van der Waals surface area (Å²) >= 11 is 6.45. The molecule has 0 spiro atoms. The number of halogens is 2. The Bertz CT molecular complexity index is 1010. The van der Waals surface area contributed by atoms with Gasteiger partial charge in [-0.1, -0.05) is 37.2 Å². The normalized spacial score (nSPS) is 17.9. The molecule has 0 bridgehead atoms. The molecule has 2 heterocycles. The van der Waals surface area contributed by atoms with Crippen LogP contribution in [0, 0.1) is 17.7 Å². The van der Waals surface area contributed by atoms with Gasteiger partial charge in [0.1, 0.15) is 11.6 Å². The van der Waals surface area contributed by atoms with E-state index in [0.29, 0.717) is 29.2 Å². The number of benzene rings is 1. The number of hydrogen-bond acceptors (Lipinski definition) is 4. The van der Waals surface area contributed by atoms with Crippen LogP contribution in [-0.4, -0.2) is 16.5 Å². The van der Waals surface area contributed by atoms with Crippen molar-refractivity contribution in [3.8, 4) is 11.3 Å². The monoisotopic (exact) mass is 440 g/mol. The molecule has 1 aliphatic carbocycles. The van der Waals surface area contributed by atoms with Gasteiger partial charge >= 0.3 is 0 Å². The molecule has 6 heteroatoms. The van der Waals surface area contributed by atoms with Crippen molar-refractivity contribution < 1.29 is 4.39 Å². The molecule has 0 unspecified atom stereocenters. The van der Waals surface area contributed by atoms with Crippen LogP contribution in [-0.2, 0) is 13.0 Å². The Balaban J connectivity index is 0.00000272. The lowest BCUT2D eigenvalue weighted by molar-refractivity contribution is 0.492. The minimum atomic E-state index is -0.243. The van der Waals surface area contributed by atoms with Gasteiger partial charge in [-0.25, -0.2) is 9.37 Å². The highest BCUT2D eigenvalue weighted by Crippen LogP contribution is 2.34. The van der Waals surface area contributed by atoms with Gasteiger partial charge in [-0.05, 0) is 80.0 Å². The Morgan fingerprint density at radius 1 is 1.10 bits per heavy atom. The van der Waals surface area contributed by atoms with Crippen molar-refractivity contribution in [3.63, 3.8) is 0 Å². The maximum absolute atomic E-state index is 13.4.